The summed E-state index contributed by atoms with van der Waals surface area (Å²) in [5.41, 5.74) is 1.76. The van der Waals surface area contributed by atoms with Crippen molar-refractivity contribution in [2.24, 2.45) is 23.7 Å². The normalized spacial score (nSPS) is 23.6. The van der Waals surface area contributed by atoms with Crippen LogP contribution in [0.3, 0.4) is 0 Å². The third kappa shape index (κ3) is 6.62. The molecule has 0 saturated heterocycles. The van der Waals surface area contributed by atoms with Crippen molar-refractivity contribution in [3.05, 3.63) is 59.3 Å². The van der Waals surface area contributed by atoms with Crippen LogP contribution in [0.15, 0.2) is 42.5 Å². The van der Waals surface area contributed by atoms with Gasteiger partial charge in [-0.1, -0.05) is 12.1 Å². The molecule has 2 N–H and O–H groups in total. The van der Waals surface area contributed by atoms with Gasteiger partial charge >= 0.3 is 5.97 Å². The second-order valence-corrected chi connectivity index (χ2v) is 14.2. The number of nitrogens with zero attached hydrogens (tertiary/aromatic N) is 4. The van der Waals surface area contributed by atoms with Crippen molar-refractivity contribution in [3.63, 3.8) is 0 Å². The van der Waals surface area contributed by atoms with Crippen LogP contribution in [0.25, 0.3) is 16.9 Å². The summed E-state index contributed by atoms with van der Waals surface area (Å²) in [5.74, 6) is 0.249. The van der Waals surface area contributed by atoms with Crippen LogP contribution in [-0.2, 0) is 4.79 Å². The first kappa shape index (κ1) is 36.2. The van der Waals surface area contributed by atoms with E-state index in [4.69, 9.17) is 14.6 Å². The number of aromatic nitrogens is 2. The average Bonchev–Trinajstić information content (AvgIpc) is 3.50. The molecule has 11 nitrogen and oxygen atoms in total. The summed E-state index contributed by atoms with van der Waals surface area (Å²) in [6, 6.07) is 12.5. The van der Waals surface area contributed by atoms with Gasteiger partial charge in [0.1, 0.15) is 17.0 Å². The van der Waals surface area contributed by atoms with Gasteiger partial charge in [-0.25, -0.2) is 9.48 Å². The number of amides is 2. The zero-order valence-electron chi connectivity index (χ0n) is 29.2. The molecule has 4 saturated carbocycles. The zero-order valence-corrected chi connectivity index (χ0v) is 30.0. The molecule has 2 aromatic carbocycles. The Morgan fingerprint density at radius 2 is 1.55 bits per heavy atom. The molecule has 1 aromatic heterocycles. The first-order valence-electron chi connectivity index (χ1n) is 16.8. The summed E-state index contributed by atoms with van der Waals surface area (Å²) in [5, 5.41) is 18.5. The Bertz CT molecular complexity index is 1670. The number of nitrogens with one attached hydrogen (secondary N) is 1. The first-order chi connectivity index (χ1) is 23.0. The molecule has 0 radical (unpaired) electrons. The van der Waals surface area contributed by atoms with Crippen LogP contribution in [0, 0.1) is 30.6 Å². The highest BCUT2D eigenvalue weighted by Crippen LogP contribution is 2.58. The molecular formula is C37H48ClN5O6. The van der Waals surface area contributed by atoms with Gasteiger partial charge in [0.25, 0.3) is 11.8 Å². The molecule has 3 aromatic rings. The van der Waals surface area contributed by atoms with E-state index < -0.39 is 17.4 Å². The van der Waals surface area contributed by atoms with Crippen LogP contribution in [0.4, 0.5) is 0 Å². The maximum Gasteiger partial charge on any atom is 0.330 e. The van der Waals surface area contributed by atoms with E-state index in [1.54, 1.807) is 61.2 Å². The standard InChI is InChI=1S/C37H47N5O6.ClH/c1-22-11-12-25(35(44)41(4)14-8-13-40(2)3)20-29(22)42-30(33-31(47-5)9-7-10-32(33)48-6)21-28(39-42)34(43)38-37(36(45)46)26-16-23-15-24(18-26)19-27(37)17-23;/h7,9-12,20-21,23-24,26-27H,8,13-19H2,1-6H3,(H,38,43)(H,45,46);1H. The molecular weight excluding hydrogens is 646 g/mol. The van der Waals surface area contributed by atoms with Gasteiger partial charge in [0, 0.05) is 19.2 Å². The molecule has 0 atom stereocenters. The quantitative estimate of drug-likeness (QED) is 0.261. The highest BCUT2D eigenvalue weighted by Gasteiger charge is 2.62. The second kappa shape index (κ2) is 14.4. The van der Waals surface area contributed by atoms with Crippen LogP contribution >= 0.6 is 12.4 Å². The second-order valence-electron chi connectivity index (χ2n) is 14.2. The summed E-state index contributed by atoms with van der Waals surface area (Å²) in [6.07, 6.45) is 5.29. The van der Waals surface area contributed by atoms with Crippen molar-refractivity contribution in [2.75, 3.05) is 48.5 Å². The topological polar surface area (TPSA) is 126 Å². The lowest BCUT2D eigenvalue weighted by molar-refractivity contribution is -0.163. The molecule has 4 aliphatic rings. The number of carbonyl (C=O) groups excluding carboxylic acids is 2. The fraction of sp³-hybridized carbons (Fsp3) is 0.514. The number of carboxylic acids is 1. The third-order valence-corrected chi connectivity index (χ3v) is 10.9. The van der Waals surface area contributed by atoms with Gasteiger partial charge in [0.2, 0.25) is 0 Å². The van der Waals surface area contributed by atoms with Gasteiger partial charge in [0.15, 0.2) is 5.69 Å². The Hall–Kier alpha value is -4.09. The molecule has 1 heterocycles. The highest BCUT2D eigenvalue weighted by molar-refractivity contribution is 5.98. The molecule has 2 amide bonds. The molecule has 12 heteroatoms. The van der Waals surface area contributed by atoms with E-state index in [0.29, 0.717) is 52.4 Å². The number of halogens is 1. The lowest BCUT2D eigenvalue weighted by Crippen LogP contribution is -2.70. The monoisotopic (exact) mass is 693 g/mol. The van der Waals surface area contributed by atoms with Crippen molar-refractivity contribution in [1.82, 2.24) is 24.9 Å². The molecule has 7 rings (SSSR count). The summed E-state index contributed by atoms with van der Waals surface area (Å²) in [4.78, 5) is 44.6. The van der Waals surface area contributed by atoms with Crippen LogP contribution < -0.4 is 14.8 Å². The van der Waals surface area contributed by atoms with Crippen molar-refractivity contribution < 1.29 is 29.0 Å². The number of carboxylic acid groups (broad SMARTS) is 1. The van der Waals surface area contributed by atoms with E-state index in [1.807, 2.05) is 33.2 Å². The van der Waals surface area contributed by atoms with Gasteiger partial charge in [-0.3, -0.25) is 9.59 Å². The Morgan fingerprint density at radius 3 is 2.10 bits per heavy atom. The average molecular weight is 694 g/mol. The molecule has 4 bridgehead atoms. The molecule has 4 aliphatic carbocycles. The summed E-state index contributed by atoms with van der Waals surface area (Å²) in [6.45, 7) is 3.39. The SMILES string of the molecule is COc1cccc(OC)c1-c1cc(C(=O)NC2(C(=O)O)C3CC4CC(C3)CC2C4)nn1-c1cc(C(=O)N(C)CCCN(C)C)ccc1C.Cl. The Labute approximate surface area is 294 Å². The summed E-state index contributed by atoms with van der Waals surface area (Å²) >= 11 is 0. The number of aliphatic carboxylic acids is 1. The number of aryl methyl sites for hydroxylation is 1. The minimum absolute atomic E-state index is 0. The van der Waals surface area contributed by atoms with E-state index in [2.05, 4.69) is 10.2 Å². The van der Waals surface area contributed by atoms with Crippen LogP contribution in [0.1, 0.15) is 64.9 Å². The maximum absolute atomic E-state index is 14.2. The zero-order chi connectivity index (χ0) is 34.3. The van der Waals surface area contributed by atoms with Crippen LogP contribution in [0.5, 0.6) is 11.5 Å². The highest BCUT2D eigenvalue weighted by atomic mass is 35.5. The van der Waals surface area contributed by atoms with Gasteiger partial charge < -0.3 is 29.7 Å². The number of hydrogen-bond acceptors (Lipinski definition) is 7. The van der Waals surface area contributed by atoms with Gasteiger partial charge in [-0.05, 0) is 126 Å². The molecule has 264 valence electrons. The fourth-order valence-electron chi connectivity index (χ4n) is 8.66. The Kier molecular flexibility index (Phi) is 10.6. The molecule has 0 aliphatic heterocycles. The molecule has 0 spiro atoms. The van der Waals surface area contributed by atoms with Gasteiger partial charge in [-0.15, -0.1) is 12.4 Å². The number of rotatable bonds is 12. The lowest BCUT2D eigenvalue weighted by Gasteiger charge is -2.59. The smallest absolute Gasteiger partial charge is 0.330 e. The maximum atomic E-state index is 14.2. The number of carbonyl (C=O) groups is 3. The fourth-order valence-corrected chi connectivity index (χ4v) is 8.66. The van der Waals surface area contributed by atoms with Crippen LogP contribution in [-0.4, -0.2) is 96.5 Å². The van der Waals surface area contributed by atoms with E-state index in [-0.39, 0.29) is 35.8 Å². The minimum atomic E-state index is -1.32. The van der Waals surface area contributed by atoms with Gasteiger partial charge in [-0.2, -0.15) is 5.10 Å². The Balaban J connectivity index is 0.00000468. The van der Waals surface area contributed by atoms with E-state index in [9.17, 15) is 19.5 Å². The molecule has 0 unspecified atom stereocenters. The van der Waals surface area contributed by atoms with Gasteiger partial charge in [0.05, 0.1) is 31.2 Å². The lowest BCUT2D eigenvalue weighted by atomic mass is 9.48. The van der Waals surface area contributed by atoms with E-state index >= 15 is 0 Å². The van der Waals surface area contributed by atoms with Crippen molar-refractivity contribution in [1.29, 1.82) is 0 Å². The number of hydrogen-bond donors (Lipinski definition) is 2. The predicted molar refractivity (Wildman–Crippen MR) is 189 cm³/mol. The minimum Gasteiger partial charge on any atom is -0.496 e. The largest absolute Gasteiger partial charge is 0.496 e. The van der Waals surface area contributed by atoms with E-state index in [1.165, 1.54) is 0 Å². The van der Waals surface area contributed by atoms with Crippen molar-refractivity contribution >= 4 is 30.2 Å². The predicted octanol–water partition coefficient (Wildman–Crippen LogP) is 5.32. The number of benzene rings is 2. The van der Waals surface area contributed by atoms with E-state index in [0.717, 1.165) is 50.6 Å². The number of ether oxygens (including phenoxy) is 2. The number of methoxy groups -OCH3 is 2. The summed E-state index contributed by atoms with van der Waals surface area (Å²) < 4.78 is 13.1. The van der Waals surface area contributed by atoms with Crippen molar-refractivity contribution in [3.8, 4) is 28.4 Å². The first-order valence-corrected chi connectivity index (χ1v) is 16.8. The third-order valence-electron chi connectivity index (χ3n) is 10.9. The molecule has 4 fully saturated rings. The summed E-state index contributed by atoms with van der Waals surface area (Å²) in [7, 11) is 8.93. The Morgan fingerprint density at radius 1 is 0.939 bits per heavy atom. The molecule has 49 heavy (non-hydrogen) atoms. The van der Waals surface area contributed by atoms with Crippen LogP contribution in [0.2, 0.25) is 0 Å². The van der Waals surface area contributed by atoms with Crippen molar-refractivity contribution in [2.45, 2.75) is 51.0 Å².